The van der Waals surface area contributed by atoms with Crippen molar-refractivity contribution in [3.8, 4) is 0 Å². The van der Waals surface area contributed by atoms with E-state index in [1.54, 1.807) is 6.33 Å². The van der Waals surface area contributed by atoms with Gasteiger partial charge in [-0.05, 0) is 38.0 Å². The van der Waals surface area contributed by atoms with Gasteiger partial charge in [0.2, 0.25) is 0 Å². The lowest BCUT2D eigenvalue weighted by Gasteiger charge is -2.25. The highest BCUT2D eigenvalue weighted by atomic mass is 15.3. The first-order chi connectivity index (χ1) is 8.55. The van der Waals surface area contributed by atoms with E-state index in [9.17, 15) is 0 Å². The maximum absolute atomic E-state index is 5.73. The van der Waals surface area contributed by atoms with E-state index in [4.69, 9.17) is 5.73 Å². The lowest BCUT2D eigenvalue weighted by Crippen LogP contribution is -2.24. The highest BCUT2D eigenvalue weighted by molar-refractivity contribution is 5.43. The molecule has 0 spiro atoms. The fourth-order valence-electron chi connectivity index (χ4n) is 2.17. The molecule has 2 N–H and O–H groups in total. The molecule has 18 heavy (non-hydrogen) atoms. The van der Waals surface area contributed by atoms with Gasteiger partial charge in [-0.1, -0.05) is 19.1 Å². The molecule has 0 unspecified atom stereocenters. The van der Waals surface area contributed by atoms with Gasteiger partial charge in [-0.2, -0.15) is 0 Å². The van der Waals surface area contributed by atoms with Gasteiger partial charge in [0, 0.05) is 17.6 Å². The van der Waals surface area contributed by atoms with Crippen molar-refractivity contribution >= 4 is 5.69 Å². The molecule has 1 aromatic heterocycles. The first kappa shape index (κ1) is 12.6. The van der Waals surface area contributed by atoms with Gasteiger partial charge in [0.15, 0.2) is 0 Å². The smallest absolute Gasteiger partial charge is 0.142 e. The van der Waals surface area contributed by atoms with Crippen LogP contribution in [0.15, 0.2) is 30.6 Å². The average molecular weight is 244 g/mol. The van der Waals surface area contributed by atoms with Crippen LogP contribution < -0.4 is 5.73 Å². The van der Waals surface area contributed by atoms with Crippen LogP contribution in [0.1, 0.15) is 38.6 Å². The number of rotatable bonds is 4. The molecule has 0 aliphatic heterocycles. The summed E-state index contributed by atoms with van der Waals surface area (Å²) in [6.45, 7) is 7.42. The number of nitrogens with zero attached hydrogens (tertiary/aromatic N) is 3. The summed E-state index contributed by atoms with van der Waals surface area (Å²) < 4.78 is 2.12. The van der Waals surface area contributed by atoms with E-state index in [-0.39, 0.29) is 5.41 Å². The molecular weight excluding hydrogens is 224 g/mol. The molecule has 1 aromatic carbocycles. The van der Waals surface area contributed by atoms with E-state index >= 15 is 0 Å². The van der Waals surface area contributed by atoms with Gasteiger partial charge in [0.05, 0.1) is 0 Å². The second-order valence-electron chi connectivity index (χ2n) is 5.09. The van der Waals surface area contributed by atoms with Crippen molar-refractivity contribution in [2.75, 3.05) is 5.73 Å². The van der Waals surface area contributed by atoms with Gasteiger partial charge in [-0.15, -0.1) is 10.2 Å². The van der Waals surface area contributed by atoms with E-state index in [1.165, 1.54) is 5.56 Å². The normalized spacial score (nSPS) is 11.7. The largest absolute Gasteiger partial charge is 0.399 e. The van der Waals surface area contributed by atoms with Crippen molar-refractivity contribution < 1.29 is 0 Å². The van der Waals surface area contributed by atoms with Crippen molar-refractivity contribution in [2.24, 2.45) is 0 Å². The average Bonchev–Trinajstić information content (AvgIpc) is 2.79. The molecule has 0 saturated heterocycles. The molecule has 2 aromatic rings. The number of anilines is 1. The Kier molecular flexibility index (Phi) is 3.36. The molecule has 4 heteroatoms. The number of hydrogen-bond acceptors (Lipinski definition) is 3. The summed E-state index contributed by atoms with van der Waals surface area (Å²) in [5.41, 5.74) is 7.54. The molecule has 0 bridgehead atoms. The number of benzene rings is 1. The number of hydrogen-bond donors (Lipinski definition) is 1. The Bertz CT molecular complexity index is 511. The summed E-state index contributed by atoms with van der Waals surface area (Å²) >= 11 is 0. The molecule has 2 rings (SSSR count). The monoisotopic (exact) mass is 244 g/mol. The first-order valence-corrected chi connectivity index (χ1v) is 6.30. The summed E-state index contributed by atoms with van der Waals surface area (Å²) in [6, 6.07) is 7.97. The van der Waals surface area contributed by atoms with Crippen LogP contribution in [0.4, 0.5) is 5.69 Å². The second kappa shape index (κ2) is 4.80. The van der Waals surface area contributed by atoms with Crippen molar-refractivity contribution in [1.29, 1.82) is 0 Å². The molecule has 0 aliphatic carbocycles. The van der Waals surface area contributed by atoms with Gasteiger partial charge in [-0.3, -0.25) is 0 Å². The molecule has 0 atom stereocenters. The quantitative estimate of drug-likeness (QED) is 0.841. The Labute approximate surface area is 108 Å². The SMILES string of the molecule is CCCn1cnnc1C(C)(C)c1ccc(N)cc1. The highest BCUT2D eigenvalue weighted by Gasteiger charge is 2.28. The summed E-state index contributed by atoms with van der Waals surface area (Å²) in [5.74, 6) is 0.995. The fourth-order valence-corrected chi connectivity index (χ4v) is 2.17. The summed E-state index contributed by atoms with van der Waals surface area (Å²) in [5, 5.41) is 8.33. The van der Waals surface area contributed by atoms with Crippen LogP contribution in [0.5, 0.6) is 0 Å². The van der Waals surface area contributed by atoms with Gasteiger partial charge in [-0.25, -0.2) is 0 Å². The van der Waals surface area contributed by atoms with Crippen LogP contribution in [0, 0.1) is 0 Å². The van der Waals surface area contributed by atoms with Crippen LogP contribution in [0.2, 0.25) is 0 Å². The maximum Gasteiger partial charge on any atom is 0.142 e. The van der Waals surface area contributed by atoms with Crippen LogP contribution in [0.25, 0.3) is 0 Å². The van der Waals surface area contributed by atoms with E-state index in [1.807, 2.05) is 12.1 Å². The second-order valence-corrected chi connectivity index (χ2v) is 5.09. The lowest BCUT2D eigenvalue weighted by atomic mass is 9.83. The molecule has 96 valence electrons. The number of aryl methyl sites for hydroxylation is 1. The zero-order valence-corrected chi connectivity index (χ0v) is 11.2. The predicted molar refractivity (Wildman–Crippen MR) is 73.3 cm³/mol. The Morgan fingerprint density at radius 1 is 1.22 bits per heavy atom. The molecule has 0 aliphatic rings. The van der Waals surface area contributed by atoms with Gasteiger partial charge < -0.3 is 10.3 Å². The Morgan fingerprint density at radius 2 is 1.89 bits per heavy atom. The number of aromatic nitrogens is 3. The molecule has 4 nitrogen and oxygen atoms in total. The minimum atomic E-state index is -0.167. The summed E-state index contributed by atoms with van der Waals surface area (Å²) in [7, 11) is 0. The zero-order valence-electron chi connectivity index (χ0n) is 11.2. The lowest BCUT2D eigenvalue weighted by molar-refractivity contribution is 0.525. The van der Waals surface area contributed by atoms with Crippen LogP contribution in [0.3, 0.4) is 0 Å². The maximum atomic E-state index is 5.73. The molecule has 0 amide bonds. The predicted octanol–water partition coefficient (Wildman–Crippen LogP) is 2.60. The highest BCUT2D eigenvalue weighted by Crippen LogP contribution is 2.30. The standard InChI is InChI=1S/C14H20N4/c1-4-9-18-10-16-17-13(18)14(2,3)11-5-7-12(15)8-6-11/h5-8,10H,4,9,15H2,1-3H3. The van der Waals surface area contributed by atoms with Gasteiger partial charge >= 0.3 is 0 Å². The third-order valence-electron chi connectivity index (χ3n) is 3.27. The molecule has 1 heterocycles. The van der Waals surface area contributed by atoms with Crippen LogP contribution in [-0.4, -0.2) is 14.8 Å². The van der Waals surface area contributed by atoms with Gasteiger partial charge in [0.25, 0.3) is 0 Å². The topological polar surface area (TPSA) is 56.7 Å². The number of nitrogens with two attached hydrogens (primary N) is 1. The summed E-state index contributed by atoms with van der Waals surface area (Å²) in [6.07, 6.45) is 2.88. The van der Waals surface area contributed by atoms with E-state index in [2.05, 4.69) is 47.7 Å². The molecule has 0 fully saturated rings. The van der Waals surface area contributed by atoms with Crippen molar-refractivity contribution in [2.45, 2.75) is 39.2 Å². The van der Waals surface area contributed by atoms with Crippen molar-refractivity contribution in [3.63, 3.8) is 0 Å². The molecule has 0 radical (unpaired) electrons. The van der Waals surface area contributed by atoms with Crippen LogP contribution >= 0.6 is 0 Å². The molecule has 0 saturated carbocycles. The first-order valence-electron chi connectivity index (χ1n) is 6.30. The Hall–Kier alpha value is -1.84. The third-order valence-corrected chi connectivity index (χ3v) is 3.27. The minimum Gasteiger partial charge on any atom is -0.399 e. The fraction of sp³-hybridized carbons (Fsp3) is 0.429. The molecular formula is C14H20N4. The minimum absolute atomic E-state index is 0.167. The van der Waals surface area contributed by atoms with E-state index in [0.717, 1.165) is 24.5 Å². The van der Waals surface area contributed by atoms with E-state index < -0.39 is 0 Å². The van der Waals surface area contributed by atoms with Gasteiger partial charge in [0.1, 0.15) is 12.2 Å². The Balaban J connectivity index is 2.40. The van der Waals surface area contributed by atoms with Crippen LogP contribution in [-0.2, 0) is 12.0 Å². The third kappa shape index (κ3) is 2.23. The number of nitrogen functional groups attached to an aromatic ring is 1. The Morgan fingerprint density at radius 3 is 2.50 bits per heavy atom. The summed E-state index contributed by atoms with van der Waals surface area (Å²) in [4.78, 5) is 0. The van der Waals surface area contributed by atoms with Crippen molar-refractivity contribution in [3.05, 3.63) is 42.0 Å². The van der Waals surface area contributed by atoms with E-state index in [0.29, 0.717) is 0 Å². The zero-order chi connectivity index (χ0) is 13.2. The van der Waals surface area contributed by atoms with Crippen molar-refractivity contribution in [1.82, 2.24) is 14.8 Å².